The van der Waals surface area contributed by atoms with E-state index in [-0.39, 0.29) is 0 Å². The molecule has 0 fully saturated rings. The fourth-order valence-corrected chi connectivity index (χ4v) is 3.79. The highest BCUT2D eigenvalue weighted by Crippen LogP contribution is 2.31. The second-order valence-electron chi connectivity index (χ2n) is 7.29. The van der Waals surface area contributed by atoms with Gasteiger partial charge >= 0.3 is 0 Å². The molecule has 3 aromatic carbocycles. The van der Waals surface area contributed by atoms with E-state index in [0.29, 0.717) is 11.6 Å². The maximum atomic E-state index is 6.13. The Labute approximate surface area is 180 Å². The van der Waals surface area contributed by atoms with Crippen molar-refractivity contribution in [2.75, 3.05) is 0 Å². The van der Waals surface area contributed by atoms with E-state index >= 15 is 0 Å². The van der Waals surface area contributed by atoms with E-state index in [1.54, 1.807) is 12.5 Å². The molecule has 0 atom stereocenters. The maximum absolute atomic E-state index is 6.13. The molecule has 5 nitrogen and oxygen atoms in total. The van der Waals surface area contributed by atoms with Crippen molar-refractivity contribution in [3.05, 3.63) is 103 Å². The van der Waals surface area contributed by atoms with Crippen LogP contribution in [0.2, 0.25) is 0 Å². The molecule has 0 saturated heterocycles. The Kier molecular flexibility index (Phi) is 4.84. The highest BCUT2D eigenvalue weighted by atomic mass is 16.5. The smallest absolute Gasteiger partial charge is 0.225 e. The molecule has 0 unspecified atom stereocenters. The third-order valence-corrected chi connectivity index (χ3v) is 5.16. The lowest BCUT2D eigenvalue weighted by Gasteiger charge is -2.10. The van der Waals surface area contributed by atoms with Crippen LogP contribution in [-0.4, -0.2) is 14.8 Å². The monoisotopic (exact) mass is 407 g/mol. The minimum absolute atomic E-state index is 0.565. The Morgan fingerprint density at radius 1 is 0.806 bits per heavy atom. The van der Waals surface area contributed by atoms with Gasteiger partial charge in [-0.1, -0.05) is 42.5 Å². The summed E-state index contributed by atoms with van der Waals surface area (Å²) in [6, 6.07) is 26.0. The summed E-state index contributed by atoms with van der Waals surface area (Å²) in [6.45, 7) is 4.13. The average molecular weight is 407 g/mol. The molecule has 152 valence electrons. The second kappa shape index (κ2) is 7.95. The molecule has 31 heavy (non-hydrogen) atoms. The lowest BCUT2D eigenvalue weighted by atomic mass is 10.0. The molecule has 5 aromatic rings. The fraction of sp³-hybridized carbons (Fsp3) is 0.0769. The minimum Gasteiger partial charge on any atom is -0.457 e. The molecule has 0 N–H and O–H groups in total. The first-order chi connectivity index (χ1) is 15.2. The van der Waals surface area contributed by atoms with Crippen molar-refractivity contribution in [3.8, 4) is 39.8 Å². The van der Waals surface area contributed by atoms with Gasteiger partial charge in [-0.2, -0.15) is 5.10 Å². The number of rotatable bonds is 5. The van der Waals surface area contributed by atoms with Crippen LogP contribution in [0, 0.1) is 13.8 Å². The van der Waals surface area contributed by atoms with Crippen molar-refractivity contribution >= 4 is 0 Å². The number of aryl methyl sites for hydroxylation is 1. The van der Waals surface area contributed by atoms with Crippen molar-refractivity contribution in [3.63, 3.8) is 0 Å². The van der Waals surface area contributed by atoms with E-state index in [0.717, 1.165) is 34.0 Å². The number of aromatic nitrogens is 3. The number of ether oxygens (including phenoxy) is 1. The van der Waals surface area contributed by atoms with Gasteiger partial charge in [-0.05, 0) is 49.7 Å². The van der Waals surface area contributed by atoms with Gasteiger partial charge in [-0.3, -0.25) is 0 Å². The summed E-state index contributed by atoms with van der Waals surface area (Å²) in [5.74, 6) is 2.01. The number of oxazole rings is 1. The van der Waals surface area contributed by atoms with Gasteiger partial charge in [0.15, 0.2) is 0 Å². The van der Waals surface area contributed by atoms with Crippen LogP contribution < -0.4 is 4.74 Å². The maximum Gasteiger partial charge on any atom is 0.225 e. The van der Waals surface area contributed by atoms with Crippen LogP contribution in [0.25, 0.3) is 28.3 Å². The Bertz CT molecular complexity index is 1320. The van der Waals surface area contributed by atoms with E-state index in [2.05, 4.69) is 24.0 Å². The summed E-state index contributed by atoms with van der Waals surface area (Å²) in [4.78, 5) is 4.20. The zero-order valence-electron chi connectivity index (χ0n) is 17.3. The molecule has 2 aromatic heterocycles. The van der Waals surface area contributed by atoms with Crippen LogP contribution >= 0.6 is 0 Å². The van der Waals surface area contributed by atoms with Crippen molar-refractivity contribution < 1.29 is 9.15 Å². The van der Waals surface area contributed by atoms with Gasteiger partial charge in [-0.15, -0.1) is 0 Å². The van der Waals surface area contributed by atoms with E-state index in [9.17, 15) is 0 Å². The van der Waals surface area contributed by atoms with E-state index in [4.69, 9.17) is 14.3 Å². The second-order valence-corrected chi connectivity index (χ2v) is 7.29. The molecule has 0 spiro atoms. The molecule has 0 aliphatic carbocycles. The van der Waals surface area contributed by atoms with Gasteiger partial charge in [0.2, 0.25) is 5.89 Å². The van der Waals surface area contributed by atoms with Gasteiger partial charge in [0.1, 0.15) is 17.8 Å². The molecule has 0 aliphatic rings. The SMILES string of the molecule is Cc1nn(-c2cccc(Oc3cccc(-c4ncco4)c3)c2)c(C)c1-c1ccccc1. The first-order valence-corrected chi connectivity index (χ1v) is 10.1. The Hall–Kier alpha value is -4.12. The third-order valence-electron chi connectivity index (χ3n) is 5.16. The topological polar surface area (TPSA) is 53.1 Å². The number of hydrogen-bond acceptors (Lipinski definition) is 4. The van der Waals surface area contributed by atoms with Crippen molar-refractivity contribution in [2.24, 2.45) is 0 Å². The van der Waals surface area contributed by atoms with Crippen LogP contribution in [0.1, 0.15) is 11.4 Å². The van der Waals surface area contributed by atoms with Gasteiger partial charge in [-0.25, -0.2) is 9.67 Å². The van der Waals surface area contributed by atoms with E-state index < -0.39 is 0 Å². The Balaban J connectivity index is 1.46. The normalized spacial score (nSPS) is 10.9. The molecular formula is C26H21N3O2. The summed E-state index contributed by atoms with van der Waals surface area (Å²) in [6.07, 6.45) is 3.19. The molecule has 0 amide bonds. The minimum atomic E-state index is 0.565. The first-order valence-electron chi connectivity index (χ1n) is 10.1. The summed E-state index contributed by atoms with van der Waals surface area (Å²) in [7, 11) is 0. The van der Waals surface area contributed by atoms with Crippen LogP contribution in [0.4, 0.5) is 0 Å². The predicted molar refractivity (Wildman–Crippen MR) is 120 cm³/mol. The summed E-state index contributed by atoms with van der Waals surface area (Å²) < 4.78 is 13.5. The average Bonchev–Trinajstić information content (AvgIpc) is 3.43. The molecule has 0 radical (unpaired) electrons. The third kappa shape index (κ3) is 3.73. The number of benzene rings is 3. The summed E-state index contributed by atoms with van der Waals surface area (Å²) >= 11 is 0. The largest absolute Gasteiger partial charge is 0.457 e. The zero-order valence-corrected chi connectivity index (χ0v) is 17.3. The Morgan fingerprint density at radius 2 is 1.55 bits per heavy atom. The molecule has 0 aliphatic heterocycles. The summed E-state index contributed by atoms with van der Waals surface area (Å²) in [5, 5.41) is 4.79. The molecule has 0 saturated carbocycles. The van der Waals surface area contributed by atoms with E-state index in [1.165, 1.54) is 5.56 Å². The van der Waals surface area contributed by atoms with Gasteiger partial charge in [0.25, 0.3) is 0 Å². The molecule has 0 bridgehead atoms. The van der Waals surface area contributed by atoms with Crippen LogP contribution in [0.15, 0.2) is 95.7 Å². The van der Waals surface area contributed by atoms with Gasteiger partial charge in [0, 0.05) is 22.9 Å². The number of hydrogen-bond donors (Lipinski definition) is 0. The van der Waals surface area contributed by atoms with Crippen LogP contribution in [0.3, 0.4) is 0 Å². The first kappa shape index (κ1) is 18.9. The quantitative estimate of drug-likeness (QED) is 0.329. The standard InChI is InChI=1S/C26H21N3O2/c1-18-25(20-8-4-3-5-9-20)19(2)29(28-18)22-11-7-13-24(17-22)31-23-12-6-10-21(16-23)26-27-14-15-30-26/h3-17H,1-2H3. The van der Waals surface area contributed by atoms with Crippen molar-refractivity contribution in [1.29, 1.82) is 0 Å². The zero-order chi connectivity index (χ0) is 21.2. The molecule has 2 heterocycles. The lowest BCUT2D eigenvalue weighted by Crippen LogP contribution is -1.99. The van der Waals surface area contributed by atoms with Crippen molar-refractivity contribution in [2.45, 2.75) is 13.8 Å². The molecule has 5 rings (SSSR count). The highest BCUT2D eigenvalue weighted by Gasteiger charge is 2.15. The molecule has 5 heteroatoms. The highest BCUT2D eigenvalue weighted by molar-refractivity contribution is 5.69. The predicted octanol–water partition coefficient (Wildman–Crippen LogP) is 6.60. The van der Waals surface area contributed by atoms with Crippen LogP contribution in [0.5, 0.6) is 11.5 Å². The van der Waals surface area contributed by atoms with E-state index in [1.807, 2.05) is 78.3 Å². The van der Waals surface area contributed by atoms with Crippen LogP contribution in [-0.2, 0) is 0 Å². The molecular weight excluding hydrogens is 386 g/mol. The Morgan fingerprint density at radius 3 is 2.32 bits per heavy atom. The summed E-state index contributed by atoms with van der Waals surface area (Å²) in [5.41, 5.74) is 6.22. The van der Waals surface area contributed by atoms with Gasteiger partial charge in [0.05, 0.1) is 17.6 Å². The van der Waals surface area contributed by atoms with Gasteiger partial charge < -0.3 is 9.15 Å². The fourth-order valence-electron chi connectivity index (χ4n) is 3.79. The number of nitrogens with zero attached hydrogens (tertiary/aromatic N) is 3. The lowest BCUT2D eigenvalue weighted by molar-refractivity contribution is 0.482. The van der Waals surface area contributed by atoms with Crippen molar-refractivity contribution in [1.82, 2.24) is 14.8 Å².